The molecule has 0 saturated carbocycles. The Labute approximate surface area is 148 Å². The van der Waals surface area contributed by atoms with Gasteiger partial charge in [-0.05, 0) is 45.2 Å². The Kier molecular flexibility index (Phi) is 7.06. The number of pyridine rings is 1. The van der Waals surface area contributed by atoms with Crippen molar-refractivity contribution in [2.24, 2.45) is 15.4 Å². The molecule has 0 aliphatic carbocycles. The van der Waals surface area contributed by atoms with Crippen LogP contribution in [0.15, 0.2) is 33.8 Å². The smallest absolute Gasteiger partial charge is 0.408 e. The number of alkyl carbamates (subject to hydrolysis) is 1. The molecular weight excluding hydrogens is 344 g/mol. The number of carbonyl (C=O) groups excluding carboxylic acids is 2. The number of ether oxygens (including phenoxy) is 1. The second-order valence-corrected chi connectivity index (χ2v) is 8.80. The molecule has 1 heterocycles. The number of nitrogens with zero attached hydrogens (tertiary/aromatic N) is 2. The molecule has 2 amide bonds. The van der Waals surface area contributed by atoms with Crippen LogP contribution in [0, 0.1) is 5.92 Å². The van der Waals surface area contributed by atoms with Crippen LogP contribution in [0.3, 0.4) is 0 Å². The minimum absolute atomic E-state index is 0.0915. The van der Waals surface area contributed by atoms with Crippen molar-refractivity contribution in [1.29, 1.82) is 0 Å². The molecule has 0 fully saturated rings. The Hall–Kier alpha value is -2.00. The minimum atomic E-state index is -3.42. The van der Waals surface area contributed by atoms with E-state index >= 15 is 0 Å². The average Bonchev–Trinajstić information content (AvgIpc) is 2.44. The quantitative estimate of drug-likeness (QED) is 0.822. The zero-order chi connectivity index (χ0) is 19.3. The number of rotatable bonds is 5. The average molecular weight is 370 g/mol. The minimum Gasteiger partial charge on any atom is -0.444 e. The van der Waals surface area contributed by atoms with Crippen molar-refractivity contribution in [2.45, 2.75) is 57.6 Å². The molecule has 1 unspecified atom stereocenters. The predicted molar refractivity (Wildman–Crippen MR) is 94.9 cm³/mol. The van der Waals surface area contributed by atoms with Crippen molar-refractivity contribution < 1.29 is 18.5 Å². The number of hydrogen-bond acceptors (Lipinski definition) is 5. The van der Waals surface area contributed by atoms with E-state index in [-0.39, 0.29) is 10.8 Å². The van der Waals surface area contributed by atoms with E-state index in [0.29, 0.717) is 6.42 Å². The summed E-state index contributed by atoms with van der Waals surface area (Å²) in [6.07, 6.45) is 2.39. The highest BCUT2D eigenvalue weighted by molar-refractivity contribution is 7.91. The molecule has 0 aromatic carbocycles. The van der Waals surface area contributed by atoms with Crippen molar-refractivity contribution in [1.82, 2.24) is 10.3 Å². The third kappa shape index (κ3) is 7.61. The van der Waals surface area contributed by atoms with E-state index in [1.165, 1.54) is 24.5 Å². The van der Waals surface area contributed by atoms with E-state index in [1.807, 2.05) is 13.8 Å². The van der Waals surface area contributed by atoms with Crippen LogP contribution in [0.1, 0.15) is 41.0 Å². The molecular formula is C16H26N4O4S. The van der Waals surface area contributed by atoms with Crippen LogP contribution < -0.4 is 10.5 Å². The van der Waals surface area contributed by atoms with Crippen LogP contribution in [-0.4, -0.2) is 32.8 Å². The fraction of sp³-hybridized carbons (Fsp3) is 0.562. The van der Waals surface area contributed by atoms with Gasteiger partial charge in [0, 0.05) is 12.4 Å². The maximum atomic E-state index is 12.5. The van der Waals surface area contributed by atoms with Gasteiger partial charge in [0.05, 0.1) is 4.90 Å². The van der Waals surface area contributed by atoms with Crippen molar-refractivity contribution in [2.75, 3.05) is 0 Å². The number of nitrogens with one attached hydrogen (secondary N) is 1. The van der Waals surface area contributed by atoms with Crippen LogP contribution in [-0.2, 0) is 19.4 Å². The lowest BCUT2D eigenvalue weighted by Crippen LogP contribution is -2.44. The molecule has 0 aliphatic heterocycles. The number of aromatic nitrogens is 1. The Bertz CT molecular complexity index is 719. The van der Waals surface area contributed by atoms with E-state index in [2.05, 4.69) is 14.7 Å². The molecule has 8 nitrogen and oxygen atoms in total. The summed E-state index contributed by atoms with van der Waals surface area (Å²) in [5.74, 6) is -0.669. The molecule has 2 atom stereocenters. The topological polar surface area (TPSA) is 124 Å². The fourth-order valence-corrected chi connectivity index (χ4v) is 2.94. The van der Waals surface area contributed by atoms with Gasteiger partial charge in [-0.3, -0.25) is 9.78 Å². The third-order valence-corrected chi connectivity index (χ3v) is 4.31. The van der Waals surface area contributed by atoms with Gasteiger partial charge in [-0.2, -0.15) is 0 Å². The normalized spacial score (nSPS) is 15.2. The SMILES string of the molecule is CC(C)C[C@H](NC(=O)OC(C)(C)C)C(=O)N=S(N)(=O)c1ccncc1. The van der Waals surface area contributed by atoms with Gasteiger partial charge in [-0.1, -0.05) is 13.8 Å². The fourth-order valence-electron chi connectivity index (χ4n) is 1.93. The summed E-state index contributed by atoms with van der Waals surface area (Å²) in [5, 5.41) is 8.19. The van der Waals surface area contributed by atoms with E-state index in [0.717, 1.165) is 0 Å². The van der Waals surface area contributed by atoms with Gasteiger partial charge in [0.25, 0.3) is 5.91 Å². The van der Waals surface area contributed by atoms with Gasteiger partial charge >= 0.3 is 6.09 Å². The molecule has 0 spiro atoms. The number of carbonyl (C=O) groups is 2. The van der Waals surface area contributed by atoms with Crippen molar-refractivity contribution in [3.05, 3.63) is 24.5 Å². The second-order valence-electron chi connectivity index (χ2n) is 7.01. The molecule has 0 aliphatic rings. The van der Waals surface area contributed by atoms with Gasteiger partial charge in [0.2, 0.25) is 0 Å². The predicted octanol–water partition coefficient (Wildman–Crippen LogP) is 2.25. The summed E-state index contributed by atoms with van der Waals surface area (Å²) in [4.78, 5) is 28.4. The van der Waals surface area contributed by atoms with E-state index in [1.54, 1.807) is 20.8 Å². The highest BCUT2D eigenvalue weighted by atomic mass is 32.2. The Morgan fingerprint density at radius 2 is 1.88 bits per heavy atom. The Morgan fingerprint density at radius 3 is 2.36 bits per heavy atom. The van der Waals surface area contributed by atoms with Crippen molar-refractivity contribution in [3.63, 3.8) is 0 Å². The maximum Gasteiger partial charge on any atom is 0.408 e. The van der Waals surface area contributed by atoms with Crippen molar-refractivity contribution >= 4 is 21.9 Å². The van der Waals surface area contributed by atoms with E-state index in [9.17, 15) is 13.8 Å². The maximum absolute atomic E-state index is 12.5. The zero-order valence-corrected chi connectivity index (χ0v) is 16.0. The summed E-state index contributed by atoms with van der Waals surface area (Å²) < 4.78 is 21.3. The molecule has 25 heavy (non-hydrogen) atoms. The Balaban J connectivity index is 3.03. The summed E-state index contributed by atoms with van der Waals surface area (Å²) in [7, 11) is -3.42. The molecule has 0 saturated heterocycles. The van der Waals surface area contributed by atoms with Gasteiger partial charge in [-0.25, -0.2) is 14.1 Å². The highest BCUT2D eigenvalue weighted by Crippen LogP contribution is 2.13. The lowest BCUT2D eigenvalue weighted by atomic mass is 10.0. The monoisotopic (exact) mass is 370 g/mol. The summed E-state index contributed by atoms with van der Waals surface area (Å²) in [5.41, 5.74) is -0.703. The summed E-state index contributed by atoms with van der Waals surface area (Å²) in [6.45, 7) is 8.92. The molecule has 9 heteroatoms. The van der Waals surface area contributed by atoms with Gasteiger partial charge < -0.3 is 10.1 Å². The first-order valence-corrected chi connectivity index (χ1v) is 9.47. The van der Waals surface area contributed by atoms with Gasteiger partial charge in [0.1, 0.15) is 21.6 Å². The van der Waals surface area contributed by atoms with Gasteiger partial charge in [0.15, 0.2) is 0 Å². The Morgan fingerprint density at radius 1 is 1.32 bits per heavy atom. The zero-order valence-electron chi connectivity index (χ0n) is 15.2. The number of nitrogens with two attached hydrogens (primary N) is 1. The molecule has 1 rings (SSSR count). The first-order valence-electron chi connectivity index (χ1n) is 7.89. The molecule has 1 aromatic rings. The van der Waals surface area contributed by atoms with E-state index < -0.39 is 33.6 Å². The van der Waals surface area contributed by atoms with Crippen LogP contribution in [0.2, 0.25) is 0 Å². The van der Waals surface area contributed by atoms with Crippen molar-refractivity contribution in [3.8, 4) is 0 Å². The summed E-state index contributed by atoms with van der Waals surface area (Å²) >= 11 is 0. The lowest BCUT2D eigenvalue weighted by Gasteiger charge is -2.23. The molecule has 1 aromatic heterocycles. The third-order valence-electron chi connectivity index (χ3n) is 2.91. The summed E-state index contributed by atoms with van der Waals surface area (Å²) in [6, 6.07) is 1.89. The number of hydrogen-bond donors (Lipinski definition) is 2. The first kappa shape index (κ1) is 21.0. The largest absolute Gasteiger partial charge is 0.444 e. The molecule has 0 bridgehead atoms. The van der Waals surface area contributed by atoms with Crippen LogP contribution in [0.4, 0.5) is 4.79 Å². The molecule has 0 radical (unpaired) electrons. The standard InChI is InChI=1S/C16H26N4O4S/c1-11(2)10-13(19-15(22)24-16(3,4)5)14(21)20-25(17,23)12-6-8-18-9-7-12/h6-9,11,13H,10H2,1-5H3,(H,19,22)(H2,17,20,21,23)/t13-,25?/m0/s1. The number of amides is 2. The molecule has 3 N–H and O–H groups in total. The van der Waals surface area contributed by atoms with Crippen LogP contribution >= 0.6 is 0 Å². The molecule has 140 valence electrons. The van der Waals surface area contributed by atoms with Gasteiger partial charge in [-0.15, -0.1) is 4.36 Å². The van der Waals surface area contributed by atoms with Crippen LogP contribution in [0.25, 0.3) is 0 Å². The van der Waals surface area contributed by atoms with E-state index in [4.69, 9.17) is 9.88 Å². The lowest BCUT2D eigenvalue weighted by molar-refractivity contribution is -0.120. The van der Waals surface area contributed by atoms with Crippen LogP contribution in [0.5, 0.6) is 0 Å². The highest BCUT2D eigenvalue weighted by Gasteiger charge is 2.26. The first-order chi connectivity index (χ1) is 11.4. The second kappa shape index (κ2) is 8.39.